The van der Waals surface area contributed by atoms with E-state index in [1.807, 2.05) is 6.92 Å². The summed E-state index contributed by atoms with van der Waals surface area (Å²) < 4.78 is 5.21. The Bertz CT molecular complexity index is 417. The topological polar surface area (TPSA) is 83.8 Å². The first kappa shape index (κ1) is 14.0. The fourth-order valence-corrected chi connectivity index (χ4v) is 1.55. The molecule has 2 N–H and O–H groups in total. The van der Waals surface area contributed by atoms with Gasteiger partial charge in [-0.2, -0.15) is 0 Å². The summed E-state index contributed by atoms with van der Waals surface area (Å²) in [6.07, 6.45) is 7.28. The monoisotopic (exact) mass is 252 g/mol. The molecule has 1 atom stereocenters. The maximum absolute atomic E-state index is 11.1. The van der Waals surface area contributed by atoms with Gasteiger partial charge in [0.2, 0.25) is 0 Å². The number of carboxylic acids is 2. The molecule has 1 rings (SSSR count). The maximum atomic E-state index is 11.1. The normalized spacial score (nSPS) is 20.6. The van der Waals surface area contributed by atoms with Crippen LogP contribution in [0.2, 0.25) is 0 Å². The van der Waals surface area contributed by atoms with Crippen molar-refractivity contribution < 1.29 is 24.5 Å². The van der Waals surface area contributed by atoms with Crippen molar-refractivity contribution in [1.29, 1.82) is 0 Å². The summed E-state index contributed by atoms with van der Waals surface area (Å²) >= 11 is 0. The van der Waals surface area contributed by atoms with Crippen molar-refractivity contribution in [3.05, 3.63) is 35.6 Å². The molecule has 0 spiro atoms. The zero-order chi connectivity index (χ0) is 13.5. The Hall–Kier alpha value is -2.04. The van der Waals surface area contributed by atoms with Crippen molar-refractivity contribution in [3.8, 4) is 0 Å². The van der Waals surface area contributed by atoms with E-state index in [2.05, 4.69) is 0 Å². The summed E-state index contributed by atoms with van der Waals surface area (Å²) in [4.78, 5) is 22.1. The SMILES string of the molecule is CCCCOC=C1C(C(=O)O)=CC=CC1C(=O)O. The number of hydrogen-bond acceptors (Lipinski definition) is 3. The van der Waals surface area contributed by atoms with E-state index in [0.29, 0.717) is 6.61 Å². The lowest BCUT2D eigenvalue weighted by molar-refractivity contribution is -0.138. The highest BCUT2D eigenvalue weighted by molar-refractivity contribution is 5.95. The van der Waals surface area contributed by atoms with Gasteiger partial charge in [-0.15, -0.1) is 0 Å². The van der Waals surface area contributed by atoms with E-state index in [9.17, 15) is 9.59 Å². The number of rotatable bonds is 6. The van der Waals surface area contributed by atoms with Crippen LogP contribution in [0.4, 0.5) is 0 Å². The van der Waals surface area contributed by atoms with Crippen LogP contribution in [0.15, 0.2) is 35.6 Å². The van der Waals surface area contributed by atoms with Crippen LogP contribution in [0, 0.1) is 5.92 Å². The van der Waals surface area contributed by atoms with Gasteiger partial charge in [-0.25, -0.2) is 4.79 Å². The standard InChI is InChI=1S/C13H16O5/c1-2-3-7-18-8-11-9(12(14)15)5-4-6-10(11)13(16)17/h4-6,8-9H,2-3,7H2,1H3,(H,14,15)(H,16,17). The van der Waals surface area contributed by atoms with Gasteiger partial charge in [0, 0.05) is 5.57 Å². The Morgan fingerprint density at radius 3 is 2.72 bits per heavy atom. The lowest BCUT2D eigenvalue weighted by Crippen LogP contribution is -2.20. The van der Waals surface area contributed by atoms with Crippen LogP contribution in [0.5, 0.6) is 0 Å². The van der Waals surface area contributed by atoms with Gasteiger partial charge in [-0.3, -0.25) is 4.79 Å². The highest BCUT2D eigenvalue weighted by atomic mass is 16.5. The number of ether oxygens (including phenoxy) is 1. The van der Waals surface area contributed by atoms with Gasteiger partial charge in [0.1, 0.15) is 5.92 Å². The minimum atomic E-state index is -1.16. The van der Waals surface area contributed by atoms with Gasteiger partial charge in [0.15, 0.2) is 0 Å². The van der Waals surface area contributed by atoms with Gasteiger partial charge >= 0.3 is 11.9 Å². The van der Waals surface area contributed by atoms with Crippen molar-refractivity contribution in [2.24, 2.45) is 5.92 Å². The van der Waals surface area contributed by atoms with Crippen LogP contribution in [0.25, 0.3) is 0 Å². The predicted octanol–water partition coefficient (Wildman–Crippen LogP) is 1.97. The van der Waals surface area contributed by atoms with Crippen molar-refractivity contribution in [3.63, 3.8) is 0 Å². The first-order valence-electron chi connectivity index (χ1n) is 5.74. The molecule has 0 fully saturated rings. The molecule has 0 saturated heterocycles. The minimum absolute atomic E-state index is 0.0404. The highest BCUT2D eigenvalue weighted by Gasteiger charge is 2.28. The molecule has 1 aliphatic rings. The zero-order valence-corrected chi connectivity index (χ0v) is 10.1. The number of hydrogen-bond donors (Lipinski definition) is 2. The van der Waals surface area contributed by atoms with Crippen LogP contribution in [-0.2, 0) is 14.3 Å². The minimum Gasteiger partial charge on any atom is -0.501 e. The third-order valence-electron chi connectivity index (χ3n) is 2.54. The number of carbonyl (C=O) groups is 2. The van der Waals surface area contributed by atoms with E-state index in [1.54, 1.807) is 0 Å². The Kier molecular flexibility index (Phi) is 5.17. The van der Waals surface area contributed by atoms with E-state index < -0.39 is 17.9 Å². The molecule has 0 saturated carbocycles. The molecule has 18 heavy (non-hydrogen) atoms. The number of unbranched alkanes of at least 4 members (excludes halogenated alkanes) is 1. The van der Waals surface area contributed by atoms with Gasteiger partial charge in [-0.1, -0.05) is 25.5 Å². The smallest absolute Gasteiger partial charge is 0.336 e. The molecule has 5 nitrogen and oxygen atoms in total. The van der Waals surface area contributed by atoms with E-state index in [1.165, 1.54) is 24.5 Å². The number of aliphatic carboxylic acids is 2. The third kappa shape index (κ3) is 3.48. The molecule has 0 amide bonds. The van der Waals surface area contributed by atoms with Crippen LogP contribution in [-0.4, -0.2) is 28.8 Å². The molecule has 98 valence electrons. The maximum Gasteiger partial charge on any atom is 0.336 e. The quantitative estimate of drug-likeness (QED) is 0.557. The molecule has 0 heterocycles. The van der Waals surface area contributed by atoms with Crippen molar-refractivity contribution >= 4 is 11.9 Å². The highest BCUT2D eigenvalue weighted by Crippen LogP contribution is 2.26. The number of carboxylic acid groups (broad SMARTS) is 2. The zero-order valence-electron chi connectivity index (χ0n) is 10.1. The van der Waals surface area contributed by atoms with Crippen LogP contribution < -0.4 is 0 Å². The molecule has 1 aliphatic carbocycles. The number of allylic oxidation sites excluding steroid dienone is 2. The average molecular weight is 252 g/mol. The molecule has 0 radical (unpaired) electrons. The second-order valence-electron chi connectivity index (χ2n) is 3.88. The molecular weight excluding hydrogens is 236 g/mol. The summed E-state index contributed by atoms with van der Waals surface area (Å²) in [6.45, 7) is 2.45. The summed E-state index contributed by atoms with van der Waals surface area (Å²) in [7, 11) is 0. The van der Waals surface area contributed by atoms with E-state index in [-0.39, 0.29) is 11.1 Å². The summed E-state index contributed by atoms with van der Waals surface area (Å²) in [5.74, 6) is -3.22. The lowest BCUT2D eigenvalue weighted by atomic mass is 9.89. The predicted molar refractivity (Wildman–Crippen MR) is 64.9 cm³/mol. The molecule has 0 aromatic heterocycles. The van der Waals surface area contributed by atoms with E-state index >= 15 is 0 Å². The fraction of sp³-hybridized carbons (Fsp3) is 0.385. The van der Waals surface area contributed by atoms with Crippen LogP contribution in [0.3, 0.4) is 0 Å². The van der Waals surface area contributed by atoms with Crippen molar-refractivity contribution in [2.45, 2.75) is 19.8 Å². The third-order valence-corrected chi connectivity index (χ3v) is 2.54. The van der Waals surface area contributed by atoms with Crippen LogP contribution in [0.1, 0.15) is 19.8 Å². The molecule has 0 aromatic rings. The second kappa shape index (κ2) is 6.64. The average Bonchev–Trinajstić information content (AvgIpc) is 2.34. The largest absolute Gasteiger partial charge is 0.501 e. The molecular formula is C13H16O5. The van der Waals surface area contributed by atoms with Crippen molar-refractivity contribution in [2.75, 3.05) is 6.61 Å². The molecule has 0 aromatic carbocycles. The first-order chi connectivity index (χ1) is 8.57. The Morgan fingerprint density at radius 2 is 2.17 bits per heavy atom. The lowest BCUT2D eigenvalue weighted by Gasteiger charge is -2.16. The molecule has 1 unspecified atom stereocenters. The Labute approximate surface area is 105 Å². The summed E-state index contributed by atoms with van der Waals surface area (Å²) in [5.41, 5.74) is 0.134. The second-order valence-corrected chi connectivity index (χ2v) is 3.88. The van der Waals surface area contributed by atoms with Gasteiger partial charge in [0.05, 0.1) is 18.4 Å². The summed E-state index contributed by atoms with van der Waals surface area (Å²) in [5, 5.41) is 18.1. The van der Waals surface area contributed by atoms with Gasteiger partial charge < -0.3 is 14.9 Å². The Balaban J connectivity index is 2.90. The van der Waals surface area contributed by atoms with Crippen molar-refractivity contribution in [1.82, 2.24) is 0 Å². The Morgan fingerprint density at radius 1 is 1.44 bits per heavy atom. The molecule has 0 bridgehead atoms. The molecule has 0 aliphatic heterocycles. The molecule has 5 heteroatoms. The fourth-order valence-electron chi connectivity index (χ4n) is 1.55. The van der Waals surface area contributed by atoms with Crippen LogP contribution >= 0.6 is 0 Å². The van der Waals surface area contributed by atoms with Gasteiger partial charge in [-0.05, 0) is 12.5 Å². The van der Waals surface area contributed by atoms with E-state index in [4.69, 9.17) is 14.9 Å². The summed E-state index contributed by atoms with van der Waals surface area (Å²) in [6, 6.07) is 0. The first-order valence-corrected chi connectivity index (χ1v) is 5.74. The van der Waals surface area contributed by atoms with E-state index in [0.717, 1.165) is 12.8 Å². The van der Waals surface area contributed by atoms with Gasteiger partial charge in [0.25, 0.3) is 0 Å².